The van der Waals surface area contributed by atoms with Crippen LogP contribution < -0.4 is 5.32 Å². The Morgan fingerprint density at radius 2 is 2.24 bits per heavy atom. The fourth-order valence-corrected chi connectivity index (χ4v) is 2.49. The van der Waals surface area contributed by atoms with E-state index in [9.17, 15) is 4.79 Å². The molecule has 3 aromatic heterocycles. The second-order valence-corrected chi connectivity index (χ2v) is 5.80. The normalized spacial score (nSPS) is 11.0. The Hall–Kier alpha value is -2.97. The lowest BCUT2D eigenvalue weighted by molar-refractivity contribution is -0.121. The van der Waals surface area contributed by atoms with Gasteiger partial charge in [0.25, 0.3) is 5.89 Å². The Labute approximate surface area is 145 Å². The molecule has 0 saturated carbocycles. The van der Waals surface area contributed by atoms with Crippen LogP contribution in [0.4, 0.5) is 0 Å². The van der Waals surface area contributed by atoms with Gasteiger partial charge < -0.3 is 14.3 Å². The van der Waals surface area contributed by atoms with Crippen molar-refractivity contribution in [2.24, 2.45) is 7.05 Å². The molecule has 132 valence electrons. The van der Waals surface area contributed by atoms with Gasteiger partial charge >= 0.3 is 0 Å². The Morgan fingerprint density at radius 3 is 2.96 bits per heavy atom. The molecule has 0 spiro atoms. The van der Waals surface area contributed by atoms with Gasteiger partial charge in [0.1, 0.15) is 5.69 Å². The van der Waals surface area contributed by atoms with Gasteiger partial charge in [-0.15, -0.1) is 10.2 Å². The number of imidazole rings is 1. The number of hydrogen-bond donors (Lipinski definition) is 1. The average molecular weight is 343 g/mol. The lowest BCUT2D eigenvalue weighted by atomic mass is 10.3. The maximum absolute atomic E-state index is 11.9. The molecule has 3 aromatic rings. The molecule has 0 aliphatic carbocycles. The monoisotopic (exact) mass is 343 g/mol. The summed E-state index contributed by atoms with van der Waals surface area (Å²) >= 11 is 0. The Morgan fingerprint density at radius 1 is 1.36 bits per heavy atom. The largest absolute Gasteiger partial charge is 0.419 e. The lowest BCUT2D eigenvalue weighted by Crippen LogP contribution is -2.25. The summed E-state index contributed by atoms with van der Waals surface area (Å²) in [5.74, 6) is 0.836. The van der Waals surface area contributed by atoms with Crippen molar-refractivity contribution in [3.8, 4) is 11.6 Å². The summed E-state index contributed by atoms with van der Waals surface area (Å²) in [7, 11) is 1.82. The van der Waals surface area contributed by atoms with Crippen LogP contribution in [-0.2, 0) is 24.8 Å². The summed E-state index contributed by atoms with van der Waals surface area (Å²) in [6, 6.07) is 1.88. The van der Waals surface area contributed by atoms with Gasteiger partial charge in [0.05, 0.1) is 12.0 Å². The molecule has 1 amide bonds. The van der Waals surface area contributed by atoms with Crippen molar-refractivity contribution in [3.05, 3.63) is 36.4 Å². The number of rotatable bonds is 8. The summed E-state index contributed by atoms with van der Waals surface area (Å²) in [6.45, 7) is 3.36. The molecule has 0 aromatic carbocycles. The number of aryl methyl sites for hydroxylation is 4. The van der Waals surface area contributed by atoms with Crippen LogP contribution in [0, 0.1) is 6.92 Å². The summed E-state index contributed by atoms with van der Waals surface area (Å²) in [6.07, 6.45) is 6.99. The van der Waals surface area contributed by atoms with Gasteiger partial charge in [-0.25, -0.2) is 4.98 Å². The summed E-state index contributed by atoms with van der Waals surface area (Å²) in [5.41, 5.74) is 1.65. The van der Waals surface area contributed by atoms with E-state index in [1.54, 1.807) is 17.2 Å². The van der Waals surface area contributed by atoms with Gasteiger partial charge in [0.2, 0.25) is 11.8 Å². The van der Waals surface area contributed by atoms with Gasteiger partial charge in [0.15, 0.2) is 0 Å². The van der Waals surface area contributed by atoms with Crippen LogP contribution in [0.25, 0.3) is 11.6 Å². The van der Waals surface area contributed by atoms with E-state index in [-0.39, 0.29) is 5.91 Å². The van der Waals surface area contributed by atoms with Crippen LogP contribution in [0.15, 0.2) is 29.2 Å². The number of amides is 1. The highest BCUT2D eigenvalue weighted by Crippen LogP contribution is 2.18. The van der Waals surface area contributed by atoms with Crippen molar-refractivity contribution >= 4 is 5.91 Å². The Kier molecular flexibility index (Phi) is 5.22. The second kappa shape index (κ2) is 7.73. The standard InChI is InChI=1S/C16H21N7O2/c1-12-10-13(22(2)21-12)16-20-19-15(25-16)5-4-14(24)18-6-3-8-23-9-7-17-11-23/h7,9-11H,3-6,8H2,1-2H3,(H,18,24). The van der Waals surface area contributed by atoms with Gasteiger partial charge in [-0.1, -0.05) is 0 Å². The number of carbonyl (C=O) groups excluding carboxylic acids is 1. The molecular weight excluding hydrogens is 322 g/mol. The molecule has 0 aliphatic heterocycles. The zero-order valence-corrected chi connectivity index (χ0v) is 14.3. The van der Waals surface area contributed by atoms with E-state index in [0.29, 0.717) is 31.2 Å². The quantitative estimate of drug-likeness (QED) is 0.615. The zero-order valence-electron chi connectivity index (χ0n) is 14.3. The SMILES string of the molecule is Cc1cc(-c2nnc(CCC(=O)NCCCn3ccnc3)o2)n(C)n1. The Bertz CT molecular complexity index is 820. The predicted octanol–water partition coefficient (Wildman–Crippen LogP) is 1.11. The molecular formula is C16H21N7O2. The maximum Gasteiger partial charge on any atom is 0.265 e. The van der Waals surface area contributed by atoms with Crippen molar-refractivity contribution in [1.82, 2.24) is 34.8 Å². The number of nitrogens with zero attached hydrogens (tertiary/aromatic N) is 6. The van der Waals surface area contributed by atoms with E-state index < -0.39 is 0 Å². The van der Waals surface area contributed by atoms with Gasteiger partial charge in [0, 0.05) is 45.4 Å². The van der Waals surface area contributed by atoms with Crippen LogP contribution in [0.3, 0.4) is 0 Å². The fourth-order valence-electron chi connectivity index (χ4n) is 2.49. The molecule has 9 heteroatoms. The zero-order chi connectivity index (χ0) is 17.6. The Balaban J connectivity index is 1.41. The van der Waals surface area contributed by atoms with E-state index in [1.807, 2.05) is 30.8 Å². The van der Waals surface area contributed by atoms with Gasteiger partial charge in [-0.3, -0.25) is 9.48 Å². The maximum atomic E-state index is 11.9. The van der Waals surface area contributed by atoms with Crippen molar-refractivity contribution in [1.29, 1.82) is 0 Å². The number of nitrogens with one attached hydrogen (secondary N) is 1. The molecule has 0 unspecified atom stereocenters. The number of hydrogen-bond acceptors (Lipinski definition) is 6. The topological polar surface area (TPSA) is 104 Å². The van der Waals surface area contributed by atoms with E-state index >= 15 is 0 Å². The average Bonchev–Trinajstić information content (AvgIpc) is 3.31. The molecule has 0 aliphatic rings. The molecule has 25 heavy (non-hydrogen) atoms. The van der Waals surface area contributed by atoms with Crippen LogP contribution in [0.5, 0.6) is 0 Å². The smallest absolute Gasteiger partial charge is 0.265 e. The molecule has 9 nitrogen and oxygen atoms in total. The van der Waals surface area contributed by atoms with E-state index in [2.05, 4.69) is 25.6 Å². The van der Waals surface area contributed by atoms with Crippen molar-refractivity contribution in [3.63, 3.8) is 0 Å². The summed E-state index contributed by atoms with van der Waals surface area (Å²) < 4.78 is 9.29. The third-order valence-electron chi connectivity index (χ3n) is 3.73. The minimum Gasteiger partial charge on any atom is -0.419 e. The minimum atomic E-state index is -0.0261. The third-order valence-corrected chi connectivity index (χ3v) is 3.73. The van der Waals surface area contributed by atoms with Gasteiger partial charge in [-0.05, 0) is 19.4 Å². The molecule has 0 bridgehead atoms. The fraction of sp³-hybridized carbons (Fsp3) is 0.438. The third kappa shape index (κ3) is 4.52. The molecule has 3 heterocycles. The number of carbonyl (C=O) groups is 1. The van der Waals surface area contributed by atoms with E-state index in [0.717, 1.165) is 24.4 Å². The van der Waals surface area contributed by atoms with E-state index in [1.165, 1.54) is 0 Å². The molecule has 0 atom stereocenters. The van der Waals surface area contributed by atoms with E-state index in [4.69, 9.17) is 4.42 Å². The highest BCUT2D eigenvalue weighted by molar-refractivity contribution is 5.75. The lowest BCUT2D eigenvalue weighted by Gasteiger charge is -2.04. The van der Waals surface area contributed by atoms with Crippen molar-refractivity contribution in [2.45, 2.75) is 32.7 Å². The van der Waals surface area contributed by atoms with Crippen LogP contribution in [0.2, 0.25) is 0 Å². The predicted molar refractivity (Wildman–Crippen MR) is 89.4 cm³/mol. The molecule has 0 radical (unpaired) electrons. The van der Waals surface area contributed by atoms with Crippen LogP contribution in [-0.4, -0.2) is 42.0 Å². The van der Waals surface area contributed by atoms with Crippen LogP contribution in [0.1, 0.15) is 24.4 Å². The molecule has 1 N–H and O–H groups in total. The first-order valence-corrected chi connectivity index (χ1v) is 8.17. The molecule has 3 rings (SSSR count). The highest BCUT2D eigenvalue weighted by Gasteiger charge is 2.14. The highest BCUT2D eigenvalue weighted by atomic mass is 16.4. The summed E-state index contributed by atoms with van der Waals surface area (Å²) in [4.78, 5) is 15.9. The first kappa shape index (κ1) is 16.9. The van der Waals surface area contributed by atoms with Crippen molar-refractivity contribution < 1.29 is 9.21 Å². The molecule has 0 saturated heterocycles. The van der Waals surface area contributed by atoms with Crippen molar-refractivity contribution in [2.75, 3.05) is 6.54 Å². The van der Waals surface area contributed by atoms with Gasteiger partial charge in [-0.2, -0.15) is 5.10 Å². The minimum absolute atomic E-state index is 0.0261. The first-order valence-electron chi connectivity index (χ1n) is 8.17. The second-order valence-electron chi connectivity index (χ2n) is 5.80. The van der Waals surface area contributed by atoms with Crippen LogP contribution >= 0.6 is 0 Å². The first-order chi connectivity index (χ1) is 12.1. The summed E-state index contributed by atoms with van der Waals surface area (Å²) in [5, 5.41) is 15.2. The molecule has 0 fully saturated rings. The number of aromatic nitrogens is 6.